The third kappa shape index (κ3) is 4.03. The van der Waals surface area contributed by atoms with Crippen LogP contribution >= 0.6 is 34.0 Å². The summed E-state index contributed by atoms with van der Waals surface area (Å²) in [4.78, 5) is 18.7. The third-order valence-electron chi connectivity index (χ3n) is 4.33. The van der Waals surface area contributed by atoms with E-state index in [0.29, 0.717) is 26.1 Å². The van der Waals surface area contributed by atoms with Crippen LogP contribution in [0.1, 0.15) is 32.7 Å². The molecule has 0 aliphatic carbocycles. The molecule has 25 heavy (non-hydrogen) atoms. The zero-order chi connectivity index (χ0) is 17.1. The Morgan fingerprint density at radius 3 is 2.40 bits per heavy atom. The summed E-state index contributed by atoms with van der Waals surface area (Å²) >= 11 is 5.10. The van der Waals surface area contributed by atoms with E-state index >= 15 is 0 Å². The van der Waals surface area contributed by atoms with Crippen LogP contribution in [0.2, 0.25) is 0 Å². The minimum atomic E-state index is -0.0922. The molecule has 130 valence electrons. The van der Waals surface area contributed by atoms with Crippen LogP contribution in [-0.4, -0.2) is 17.4 Å². The van der Waals surface area contributed by atoms with Crippen molar-refractivity contribution in [3.63, 3.8) is 0 Å². The highest BCUT2D eigenvalue weighted by Gasteiger charge is 2.27. The monoisotopic (exact) mass is 389 g/mol. The lowest BCUT2D eigenvalue weighted by Crippen LogP contribution is -2.31. The Morgan fingerprint density at radius 1 is 1.04 bits per heavy atom. The van der Waals surface area contributed by atoms with Crippen LogP contribution in [0.25, 0.3) is 0 Å². The summed E-state index contributed by atoms with van der Waals surface area (Å²) in [5.41, 5.74) is 1.34. The molecule has 4 heterocycles. The van der Waals surface area contributed by atoms with Crippen LogP contribution < -0.4 is 0 Å². The fourth-order valence-electron chi connectivity index (χ4n) is 3.08. The normalized spacial score (nSPS) is 16.6. The summed E-state index contributed by atoms with van der Waals surface area (Å²) < 4.78 is 5.92. The van der Waals surface area contributed by atoms with Gasteiger partial charge in [0.05, 0.1) is 26.1 Å². The molecule has 6 heteroatoms. The minimum absolute atomic E-state index is 0.0922. The van der Waals surface area contributed by atoms with Crippen LogP contribution in [0, 0.1) is 0 Å². The van der Waals surface area contributed by atoms with Crippen LogP contribution in [0.4, 0.5) is 0 Å². The van der Waals surface area contributed by atoms with E-state index in [4.69, 9.17) is 4.74 Å². The summed E-state index contributed by atoms with van der Waals surface area (Å²) in [6.07, 6.45) is 1.28. The molecule has 4 rings (SSSR count). The fraction of sp³-hybridized carbons (Fsp3) is 0.316. The number of nitrogens with zero attached hydrogens (tertiary/aromatic N) is 1. The van der Waals surface area contributed by atoms with Crippen molar-refractivity contribution in [2.75, 3.05) is 6.61 Å². The zero-order valence-corrected chi connectivity index (χ0v) is 16.2. The highest BCUT2D eigenvalue weighted by molar-refractivity contribution is 7.10. The van der Waals surface area contributed by atoms with Crippen molar-refractivity contribution < 1.29 is 9.53 Å². The molecule has 0 fully saturated rings. The van der Waals surface area contributed by atoms with Gasteiger partial charge in [-0.05, 0) is 46.3 Å². The van der Waals surface area contributed by atoms with Gasteiger partial charge in [-0.1, -0.05) is 12.1 Å². The van der Waals surface area contributed by atoms with Crippen molar-refractivity contribution in [1.82, 2.24) is 4.90 Å². The number of fused-ring (bicyclic) bond motifs is 1. The van der Waals surface area contributed by atoms with E-state index in [0.717, 1.165) is 6.42 Å². The van der Waals surface area contributed by atoms with E-state index in [-0.39, 0.29) is 12.0 Å². The first-order valence-electron chi connectivity index (χ1n) is 8.30. The van der Waals surface area contributed by atoms with E-state index in [9.17, 15) is 4.79 Å². The van der Waals surface area contributed by atoms with Crippen LogP contribution in [0.5, 0.6) is 0 Å². The van der Waals surface area contributed by atoms with Crippen molar-refractivity contribution in [3.8, 4) is 0 Å². The van der Waals surface area contributed by atoms with Crippen molar-refractivity contribution in [3.05, 3.63) is 66.7 Å². The molecule has 0 aromatic carbocycles. The highest BCUT2D eigenvalue weighted by Crippen LogP contribution is 2.34. The first kappa shape index (κ1) is 17.0. The number of ether oxygens (including phenoxy) is 1. The predicted octanol–water partition coefficient (Wildman–Crippen LogP) is 5.10. The number of carbonyl (C=O) groups excluding carboxylic acids is 1. The lowest BCUT2D eigenvalue weighted by Gasteiger charge is -2.27. The maximum absolute atomic E-state index is 13.1. The topological polar surface area (TPSA) is 29.5 Å². The van der Waals surface area contributed by atoms with Gasteiger partial charge < -0.3 is 9.64 Å². The molecule has 1 amide bonds. The average molecular weight is 390 g/mol. The lowest BCUT2D eigenvalue weighted by molar-refractivity contribution is -0.135. The maximum atomic E-state index is 13.1. The molecule has 3 aromatic heterocycles. The Bertz CT molecular complexity index is 771. The van der Waals surface area contributed by atoms with E-state index in [1.165, 1.54) is 20.2 Å². The van der Waals surface area contributed by atoms with E-state index in [1.807, 2.05) is 17.0 Å². The average Bonchev–Trinajstić information content (AvgIpc) is 3.37. The van der Waals surface area contributed by atoms with Crippen molar-refractivity contribution in [1.29, 1.82) is 0 Å². The van der Waals surface area contributed by atoms with Crippen molar-refractivity contribution in [2.24, 2.45) is 0 Å². The number of thiophene rings is 3. The molecule has 1 aliphatic heterocycles. The Labute approximate surface area is 159 Å². The first-order chi connectivity index (χ1) is 12.3. The van der Waals surface area contributed by atoms with E-state index in [2.05, 4.69) is 34.3 Å². The van der Waals surface area contributed by atoms with Gasteiger partial charge in [0.2, 0.25) is 5.91 Å². The number of carbonyl (C=O) groups is 1. The third-order valence-corrected chi connectivity index (χ3v) is 7.10. The van der Waals surface area contributed by atoms with Gasteiger partial charge in [0.1, 0.15) is 6.10 Å². The second-order valence-corrected chi connectivity index (χ2v) is 9.04. The summed E-state index contributed by atoms with van der Waals surface area (Å²) in [5.74, 6) is 0.160. The molecule has 0 bridgehead atoms. The van der Waals surface area contributed by atoms with Gasteiger partial charge in [-0.15, -0.1) is 34.0 Å². The van der Waals surface area contributed by atoms with Gasteiger partial charge in [-0.3, -0.25) is 4.79 Å². The summed E-state index contributed by atoms with van der Waals surface area (Å²) in [6.45, 7) is 2.04. The molecule has 3 aromatic rings. The van der Waals surface area contributed by atoms with Gasteiger partial charge in [-0.25, -0.2) is 0 Å². The summed E-state index contributed by atoms with van der Waals surface area (Å²) in [5, 5.41) is 6.22. The van der Waals surface area contributed by atoms with Gasteiger partial charge in [0, 0.05) is 14.6 Å². The zero-order valence-electron chi connectivity index (χ0n) is 13.7. The molecule has 0 spiro atoms. The summed E-state index contributed by atoms with van der Waals surface area (Å²) in [6, 6.07) is 10.4. The number of rotatable bonds is 6. The van der Waals surface area contributed by atoms with Gasteiger partial charge in [0.25, 0.3) is 0 Å². The van der Waals surface area contributed by atoms with Crippen molar-refractivity contribution >= 4 is 39.9 Å². The second kappa shape index (κ2) is 7.83. The molecule has 0 saturated carbocycles. The molecule has 1 atom stereocenters. The van der Waals surface area contributed by atoms with Gasteiger partial charge >= 0.3 is 0 Å². The van der Waals surface area contributed by atoms with Gasteiger partial charge in [0.15, 0.2) is 0 Å². The fourth-order valence-corrected chi connectivity index (χ4v) is 5.52. The quantitative estimate of drug-likeness (QED) is 0.587. The predicted molar refractivity (Wildman–Crippen MR) is 104 cm³/mol. The van der Waals surface area contributed by atoms with E-state index < -0.39 is 0 Å². The van der Waals surface area contributed by atoms with Crippen LogP contribution in [-0.2, 0) is 29.0 Å². The second-order valence-electron chi connectivity index (χ2n) is 6.03. The molecule has 1 unspecified atom stereocenters. The Hall–Kier alpha value is -1.47. The first-order valence-corrected chi connectivity index (χ1v) is 10.9. The molecular formula is C19H19NO2S3. The SMILES string of the molecule is O=C(CC1OCCc2ccsc21)N(Cc1cccs1)Cc1cccs1. The Balaban J connectivity index is 1.49. The maximum Gasteiger partial charge on any atom is 0.226 e. The largest absolute Gasteiger partial charge is 0.372 e. The molecule has 0 N–H and O–H groups in total. The number of amides is 1. The Morgan fingerprint density at radius 2 is 1.76 bits per heavy atom. The number of hydrogen-bond donors (Lipinski definition) is 0. The van der Waals surface area contributed by atoms with Gasteiger partial charge in [-0.2, -0.15) is 0 Å². The van der Waals surface area contributed by atoms with Crippen LogP contribution in [0.15, 0.2) is 46.5 Å². The van der Waals surface area contributed by atoms with E-state index in [1.54, 1.807) is 34.0 Å². The molecule has 1 aliphatic rings. The standard InChI is InChI=1S/C19H19NO2S3/c21-18(11-17-19-14(5-7-22-17)6-10-25-19)20(12-15-3-1-8-23-15)13-16-4-2-9-24-16/h1-4,6,8-10,17H,5,7,11-13H2. The molecule has 3 nitrogen and oxygen atoms in total. The molecule has 0 saturated heterocycles. The number of hydrogen-bond acceptors (Lipinski definition) is 5. The lowest BCUT2D eigenvalue weighted by atomic mass is 10.0. The highest BCUT2D eigenvalue weighted by atomic mass is 32.1. The molecule has 0 radical (unpaired) electrons. The summed E-state index contributed by atoms with van der Waals surface area (Å²) in [7, 11) is 0. The minimum Gasteiger partial charge on any atom is -0.372 e. The molecular weight excluding hydrogens is 370 g/mol. The smallest absolute Gasteiger partial charge is 0.226 e. The van der Waals surface area contributed by atoms with Crippen molar-refractivity contribution in [2.45, 2.75) is 32.0 Å². The van der Waals surface area contributed by atoms with Crippen LogP contribution in [0.3, 0.4) is 0 Å². The Kier molecular flexibility index (Phi) is 5.31.